The van der Waals surface area contributed by atoms with Gasteiger partial charge in [-0.2, -0.15) is 0 Å². The molecule has 0 atom stereocenters. The van der Waals surface area contributed by atoms with Crippen LogP contribution >= 0.6 is 0 Å². The van der Waals surface area contributed by atoms with Crippen molar-refractivity contribution in [1.29, 1.82) is 0 Å². The van der Waals surface area contributed by atoms with E-state index in [0.717, 1.165) is 22.6 Å². The zero-order valence-corrected chi connectivity index (χ0v) is 21.7. The molecule has 0 fully saturated rings. The number of aromatic nitrogens is 2. The monoisotopic (exact) mass is 520 g/mol. The van der Waals surface area contributed by atoms with Crippen LogP contribution in [0.3, 0.4) is 0 Å². The number of para-hydroxylation sites is 1. The lowest BCUT2D eigenvalue weighted by molar-refractivity contribution is -0.117. The molecule has 5 aromatic rings. The number of imidazole rings is 1. The molecule has 5 rings (SSSR count). The van der Waals surface area contributed by atoms with Crippen molar-refractivity contribution >= 4 is 17.8 Å². The molecule has 2 amide bonds. The molecule has 0 saturated carbocycles. The Kier molecular flexibility index (Phi) is 7.54. The zero-order valence-electron chi connectivity index (χ0n) is 21.7. The second kappa shape index (κ2) is 11.5. The number of nitrogens with zero attached hydrogens (tertiary/aromatic N) is 3. The summed E-state index contributed by atoms with van der Waals surface area (Å²) in [5.74, 6) is 1.01. The van der Waals surface area contributed by atoms with E-state index in [9.17, 15) is 9.59 Å². The minimum Gasteiger partial charge on any atom is -0.497 e. The first kappa shape index (κ1) is 25.5. The van der Waals surface area contributed by atoms with Crippen LogP contribution in [0.5, 0.6) is 5.75 Å². The molecule has 196 valence electrons. The minimum absolute atomic E-state index is 0.150. The number of amides is 2. The number of carbonyl (C=O) groups excluding carboxylic acids is 2. The van der Waals surface area contributed by atoms with E-state index in [2.05, 4.69) is 5.32 Å². The molecule has 8 nitrogen and oxygen atoms in total. The summed E-state index contributed by atoms with van der Waals surface area (Å²) in [4.78, 5) is 32.9. The number of rotatable bonds is 9. The van der Waals surface area contributed by atoms with E-state index in [0.29, 0.717) is 23.0 Å². The molecule has 0 aliphatic rings. The van der Waals surface area contributed by atoms with Crippen molar-refractivity contribution in [3.05, 3.63) is 120 Å². The Hall–Kier alpha value is -5.11. The summed E-state index contributed by atoms with van der Waals surface area (Å²) >= 11 is 0. The third-order valence-corrected chi connectivity index (χ3v) is 6.22. The molecule has 0 bridgehead atoms. The summed E-state index contributed by atoms with van der Waals surface area (Å²) in [7, 11) is 1.62. The highest BCUT2D eigenvalue weighted by molar-refractivity contribution is 5.99. The molecule has 0 unspecified atom stereocenters. The summed E-state index contributed by atoms with van der Waals surface area (Å²) in [6.45, 7) is 1.92. The van der Waals surface area contributed by atoms with Gasteiger partial charge in [-0.3, -0.25) is 19.5 Å². The quantitative estimate of drug-likeness (QED) is 0.268. The van der Waals surface area contributed by atoms with Crippen LogP contribution in [0.15, 0.2) is 108 Å². The largest absolute Gasteiger partial charge is 0.497 e. The third kappa shape index (κ3) is 6.07. The molecule has 0 aliphatic heterocycles. The average molecular weight is 521 g/mol. The normalized spacial score (nSPS) is 10.7. The molecular weight excluding hydrogens is 492 g/mol. The standard InChI is InChI=1S/C31H28N4O4/c1-22-10-12-24(13-11-22)30(37)34(19-27-9-6-18-39-27)21-29(36)33-31-32-28(23-14-16-26(38-2)17-15-23)20-35(31)25-7-4-3-5-8-25/h3-18,20H,19,21H2,1-2H3,(H,32,33,36). The van der Waals surface area contributed by atoms with Gasteiger partial charge in [0.2, 0.25) is 11.9 Å². The first-order valence-electron chi connectivity index (χ1n) is 12.5. The lowest BCUT2D eigenvalue weighted by Crippen LogP contribution is -2.37. The van der Waals surface area contributed by atoms with Crippen LogP contribution in [0.1, 0.15) is 21.7 Å². The van der Waals surface area contributed by atoms with Gasteiger partial charge in [0.25, 0.3) is 5.91 Å². The molecule has 1 N–H and O–H groups in total. The predicted molar refractivity (Wildman–Crippen MR) is 149 cm³/mol. The number of anilines is 1. The number of aryl methyl sites for hydroxylation is 1. The SMILES string of the molecule is COc1ccc(-c2cn(-c3ccccc3)c(NC(=O)CN(Cc3ccco3)C(=O)c3ccc(C)cc3)n2)cc1. The van der Waals surface area contributed by atoms with Crippen LogP contribution in [0.2, 0.25) is 0 Å². The van der Waals surface area contributed by atoms with E-state index >= 15 is 0 Å². The highest BCUT2D eigenvalue weighted by Gasteiger charge is 2.22. The number of hydrogen-bond acceptors (Lipinski definition) is 5. The van der Waals surface area contributed by atoms with Crippen molar-refractivity contribution < 1.29 is 18.7 Å². The van der Waals surface area contributed by atoms with Gasteiger partial charge in [-0.15, -0.1) is 0 Å². The zero-order chi connectivity index (χ0) is 27.2. The van der Waals surface area contributed by atoms with Gasteiger partial charge in [-0.1, -0.05) is 35.9 Å². The fourth-order valence-electron chi connectivity index (χ4n) is 4.16. The maximum Gasteiger partial charge on any atom is 0.254 e. The highest BCUT2D eigenvalue weighted by atomic mass is 16.5. The van der Waals surface area contributed by atoms with Crippen LogP contribution in [0, 0.1) is 6.92 Å². The van der Waals surface area contributed by atoms with Crippen LogP contribution in [-0.2, 0) is 11.3 Å². The number of ether oxygens (including phenoxy) is 1. The molecule has 0 radical (unpaired) electrons. The van der Waals surface area contributed by atoms with Crippen molar-refractivity contribution in [2.75, 3.05) is 19.0 Å². The second-order valence-electron chi connectivity index (χ2n) is 9.04. The average Bonchev–Trinajstić information content (AvgIpc) is 3.63. The maximum atomic E-state index is 13.4. The Bertz CT molecular complexity index is 1540. The fraction of sp³-hybridized carbons (Fsp3) is 0.129. The number of methoxy groups -OCH3 is 1. The van der Waals surface area contributed by atoms with Crippen molar-refractivity contribution in [3.63, 3.8) is 0 Å². The Morgan fingerprint density at radius 1 is 0.949 bits per heavy atom. The summed E-state index contributed by atoms with van der Waals surface area (Å²) in [5.41, 5.74) is 3.92. The van der Waals surface area contributed by atoms with Gasteiger partial charge < -0.3 is 14.1 Å². The number of hydrogen-bond donors (Lipinski definition) is 1. The van der Waals surface area contributed by atoms with E-state index in [1.54, 1.807) is 37.6 Å². The highest BCUT2D eigenvalue weighted by Crippen LogP contribution is 2.26. The number of carbonyl (C=O) groups is 2. The Morgan fingerprint density at radius 3 is 2.36 bits per heavy atom. The van der Waals surface area contributed by atoms with Gasteiger partial charge in [0.05, 0.1) is 25.6 Å². The van der Waals surface area contributed by atoms with E-state index in [4.69, 9.17) is 14.1 Å². The number of nitrogens with one attached hydrogen (secondary N) is 1. The lowest BCUT2D eigenvalue weighted by atomic mass is 10.1. The lowest BCUT2D eigenvalue weighted by Gasteiger charge is -2.21. The molecule has 3 aromatic carbocycles. The van der Waals surface area contributed by atoms with Crippen LogP contribution in [0.4, 0.5) is 5.95 Å². The topological polar surface area (TPSA) is 89.6 Å². The second-order valence-corrected chi connectivity index (χ2v) is 9.04. The van der Waals surface area contributed by atoms with Crippen LogP contribution in [-0.4, -0.2) is 39.9 Å². The number of furan rings is 1. The van der Waals surface area contributed by atoms with Crippen molar-refractivity contribution in [1.82, 2.24) is 14.5 Å². The van der Waals surface area contributed by atoms with Crippen molar-refractivity contribution in [2.24, 2.45) is 0 Å². The van der Waals surface area contributed by atoms with Crippen molar-refractivity contribution in [2.45, 2.75) is 13.5 Å². The van der Waals surface area contributed by atoms with E-state index < -0.39 is 0 Å². The molecule has 2 aromatic heterocycles. The minimum atomic E-state index is -0.383. The summed E-state index contributed by atoms with van der Waals surface area (Å²) in [6, 6.07) is 27.9. The van der Waals surface area contributed by atoms with Crippen LogP contribution in [0.25, 0.3) is 16.9 Å². The third-order valence-electron chi connectivity index (χ3n) is 6.22. The summed E-state index contributed by atoms with van der Waals surface area (Å²) in [5, 5.41) is 2.91. The smallest absolute Gasteiger partial charge is 0.254 e. The molecule has 8 heteroatoms. The van der Waals surface area contributed by atoms with Crippen LogP contribution < -0.4 is 10.1 Å². The Labute approximate surface area is 226 Å². The van der Waals surface area contributed by atoms with Gasteiger partial charge >= 0.3 is 0 Å². The molecular formula is C31H28N4O4. The fourth-order valence-corrected chi connectivity index (χ4v) is 4.16. The predicted octanol–water partition coefficient (Wildman–Crippen LogP) is 5.73. The molecule has 0 spiro atoms. The molecule has 39 heavy (non-hydrogen) atoms. The first-order chi connectivity index (χ1) is 19.0. The first-order valence-corrected chi connectivity index (χ1v) is 12.5. The number of benzene rings is 3. The Balaban J connectivity index is 1.42. The van der Waals surface area contributed by atoms with Gasteiger partial charge in [0, 0.05) is 23.0 Å². The molecule has 0 saturated heterocycles. The van der Waals surface area contributed by atoms with Gasteiger partial charge in [0.1, 0.15) is 18.1 Å². The molecule has 2 heterocycles. The van der Waals surface area contributed by atoms with Gasteiger partial charge in [-0.25, -0.2) is 4.98 Å². The maximum absolute atomic E-state index is 13.4. The van der Waals surface area contributed by atoms with E-state index in [1.807, 2.05) is 84.4 Å². The van der Waals surface area contributed by atoms with E-state index in [1.165, 1.54) is 4.90 Å². The van der Waals surface area contributed by atoms with E-state index in [-0.39, 0.29) is 24.9 Å². The molecule has 0 aliphatic carbocycles. The summed E-state index contributed by atoms with van der Waals surface area (Å²) in [6.07, 6.45) is 3.41. The van der Waals surface area contributed by atoms with Gasteiger partial charge in [0.15, 0.2) is 0 Å². The Morgan fingerprint density at radius 2 is 1.69 bits per heavy atom. The van der Waals surface area contributed by atoms with Gasteiger partial charge in [-0.05, 0) is 67.6 Å². The summed E-state index contributed by atoms with van der Waals surface area (Å²) < 4.78 is 12.5. The van der Waals surface area contributed by atoms with Crippen molar-refractivity contribution in [3.8, 4) is 22.7 Å².